The van der Waals surface area contributed by atoms with Crippen molar-refractivity contribution in [3.05, 3.63) is 90.0 Å². The third-order valence-corrected chi connectivity index (χ3v) is 5.18. The summed E-state index contributed by atoms with van der Waals surface area (Å²) in [4.78, 5) is 11.1. The fourth-order valence-corrected chi connectivity index (χ4v) is 3.50. The summed E-state index contributed by atoms with van der Waals surface area (Å²) in [7, 11) is 0. The summed E-state index contributed by atoms with van der Waals surface area (Å²) >= 11 is 0. The molecule has 4 rings (SSSR count). The monoisotopic (exact) mass is 374 g/mol. The maximum absolute atomic E-state index is 11.1. The second-order valence-corrected chi connectivity index (χ2v) is 7.22. The highest BCUT2D eigenvalue weighted by atomic mass is 16.5. The molecular weight excluding hydrogens is 352 g/mol. The molecule has 1 heterocycles. The maximum Gasteiger partial charge on any atom is 0.304 e. The molecule has 28 heavy (non-hydrogen) atoms. The van der Waals surface area contributed by atoms with Crippen LogP contribution in [0.25, 0.3) is 11.1 Å². The van der Waals surface area contributed by atoms with Crippen molar-refractivity contribution in [2.45, 2.75) is 18.4 Å². The highest BCUT2D eigenvalue weighted by molar-refractivity contribution is 5.69. The van der Waals surface area contributed by atoms with E-state index in [-0.39, 0.29) is 6.42 Å². The van der Waals surface area contributed by atoms with E-state index in [1.807, 2.05) is 42.5 Å². The number of benzene rings is 3. The van der Waals surface area contributed by atoms with Crippen molar-refractivity contribution in [2.24, 2.45) is 0 Å². The lowest BCUT2D eigenvalue weighted by atomic mass is 9.76. The Balaban J connectivity index is 1.38. The number of hydrogen-bond acceptors (Lipinski definition) is 3. The van der Waals surface area contributed by atoms with E-state index in [0.29, 0.717) is 19.8 Å². The normalized spacial score (nSPS) is 14.9. The number of aliphatic carboxylic acids is 1. The average molecular weight is 374 g/mol. The van der Waals surface area contributed by atoms with Crippen LogP contribution >= 0.6 is 0 Å². The summed E-state index contributed by atoms with van der Waals surface area (Å²) in [5.74, 6) is -0.0378. The van der Waals surface area contributed by atoms with Crippen LogP contribution in [0.3, 0.4) is 0 Å². The van der Waals surface area contributed by atoms with Crippen molar-refractivity contribution < 1.29 is 19.4 Å². The van der Waals surface area contributed by atoms with Crippen molar-refractivity contribution in [3.63, 3.8) is 0 Å². The molecule has 3 aromatic rings. The summed E-state index contributed by atoms with van der Waals surface area (Å²) in [5, 5.41) is 9.15. The molecule has 1 N–H and O–H groups in total. The summed E-state index contributed by atoms with van der Waals surface area (Å²) < 4.78 is 11.2. The predicted molar refractivity (Wildman–Crippen MR) is 107 cm³/mol. The highest BCUT2D eigenvalue weighted by Gasteiger charge is 2.42. The van der Waals surface area contributed by atoms with Gasteiger partial charge in [-0.2, -0.15) is 0 Å². The summed E-state index contributed by atoms with van der Waals surface area (Å²) in [6.07, 6.45) is 0.0843. The largest absolute Gasteiger partial charge is 0.489 e. The van der Waals surface area contributed by atoms with Gasteiger partial charge in [-0.3, -0.25) is 4.79 Å². The molecule has 4 nitrogen and oxygen atoms in total. The minimum atomic E-state index is -0.803. The first-order valence-electron chi connectivity index (χ1n) is 9.32. The molecule has 0 radical (unpaired) electrons. The summed E-state index contributed by atoms with van der Waals surface area (Å²) in [5.41, 5.74) is 4.05. The molecule has 0 saturated carbocycles. The van der Waals surface area contributed by atoms with Gasteiger partial charge in [0.1, 0.15) is 12.4 Å². The van der Waals surface area contributed by atoms with E-state index in [0.717, 1.165) is 16.9 Å². The fraction of sp³-hybridized carbons (Fsp3) is 0.208. The van der Waals surface area contributed by atoms with Gasteiger partial charge in [0.05, 0.1) is 25.0 Å². The van der Waals surface area contributed by atoms with Crippen LogP contribution in [0.1, 0.15) is 17.5 Å². The zero-order valence-electron chi connectivity index (χ0n) is 15.5. The number of carbonyl (C=O) groups is 1. The maximum atomic E-state index is 11.1. The summed E-state index contributed by atoms with van der Waals surface area (Å²) in [6, 6.07) is 26.3. The van der Waals surface area contributed by atoms with Gasteiger partial charge in [-0.05, 0) is 34.4 Å². The molecule has 0 spiro atoms. The van der Waals surface area contributed by atoms with Crippen molar-refractivity contribution in [1.82, 2.24) is 0 Å². The standard InChI is InChI=1S/C24H22O4/c25-23(26)14-24(16-27-17-24)21-10-12-22(13-11-21)28-15-18-6-8-20(9-7-18)19-4-2-1-3-5-19/h1-13H,14-17H2,(H,25,26). The molecule has 3 aromatic carbocycles. The van der Waals surface area contributed by atoms with Crippen molar-refractivity contribution in [2.75, 3.05) is 13.2 Å². The lowest BCUT2D eigenvalue weighted by Gasteiger charge is -2.40. The van der Waals surface area contributed by atoms with Crippen LogP contribution in [-0.2, 0) is 21.6 Å². The van der Waals surface area contributed by atoms with Crippen molar-refractivity contribution in [1.29, 1.82) is 0 Å². The Morgan fingerprint density at radius 3 is 2.11 bits per heavy atom. The minimum Gasteiger partial charge on any atom is -0.489 e. The van der Waals surface area contributed by atoms with E-state index in [1.54, 1.807) is 0 Å². The second-order valence-electron chi connectivity index (χ2n) is 7.22. The van der Waals surface area contributed by atoms with Crippen LogP contribution in [0.2, 0.25) is 0 Å². The Morgan fingerprint density at radius 2 is 1.54 bits per heavy atom. The Morgan fingerprint density at radius 1 is 0.893 bits per heavy atom. The van der Waals surface area contributed by atoms with Crippen LogP contribution in [0.15, 0.2) is 78.9 Å². The van der Waals surface area contributed by atoms with E-state index in [2.05, 4.69) is 36.4 Å². The van der Waals surface area contributed by atoms with Gasteiger partial charge in [-0.1, -0.05) is 66.7 Å². The van der Waals surface area contributed by atoms with E-state index in [9.17, 15) is 4.79 Å². The van der Waals surface area contributed by atoms with Gasteiger partial charge in [-0.25, -0.2) is 0 Å². The van der Waals surface area contributed by atoms with Gasteiger partial charge in [0.25, 0.3) is 0 Å². The van der Waals surface area contributed by atoms with Gasteiger partial charge in [0.2, 0.25) is 0 Å². The van der Waals surface area contributed by atoms with Crippen LogP contribution in [0.4, 0.5) is 0 Å². The number of hydrogen-bond donors (Lipinski definition) is 1. The van der Waals surface area contributed by atoms with Crippen LogP contribution in [0.5, 0.6) is 5.75 Å². The van der Waals surface area contributed by atoms with Gasteiger partial charge < -0.3 is 14.6 Å². The Kier molecular flexibility index (Phi) is 5.13. The van der Waals surface area contributed by atoms with Crippen LogP contribution in [0, 0.1) is 0 Å². The first-order valence-corrected chi connectivity index (χ1v) is 9.32. The zero-order valence-corrected chi connectivity index (χ0v) is 15.5. The van der Waals surface area contributed by atoms with E-state index in [1.165, 1.54) is 11.1 Å². The molecule has 142 valence electrons. The lowest BCUT2D eigenvalue weighted by molar-refractivity contribution is -0.145. The molecule has 4 heteroatoms. The molecule has 1 saturated heterocycles. The van der Waals surface area contributed by atoms with Gasteiger partial charge >= 0.3 is 5.97 Å². The van der Waals surface area contributed by atoms with E-state index >= 15 is 0 Å². The fourth-order valence-electron chi connectivity index (χ4n) is 3.50. The second kappa shape index (κ2) is 7.87. The molecule has 0 atom stereocenters. The molecule has 1 aliphatic rings. The van der Waals surface area contributed by atoms with Gasteiger partial charge in [0.15, 0.2) is 0 Å². The minimum absolute atomic E-state index is 0.0843. The zero-order chi connectivity index (χ0) is 19.4. The van der Waals surface area contributed by atoms with Crippen molar-refractivity contribution in [3.8, 4) is 16.9 Å². The summed E-state index contributed by atoms with van der Waals surface area (Å²) in [6.45, 7) is 1.39. The molecule has 0 unspecified atom stereocenters. The van der Waals surface area contributed by atoms with E-state index < -0.39 is 11.4 Å². The number of carboxylic acids is 1. The Bertz CT molecular complexity index is 927. The highest BCUT2D eigenvalue weighted by Crippen LogP contribution is 2.36. The molecule has 0 amide bonds. The quantitative estimate of drug-likeness (QED) is 0.653. The topological polar surface area (TPSA) is 55.8 Å². The Labute approximate surface area is 164 Å². The first kappa shape index (κ1) is 18.3. The third-order valence-electron chi connectivity index (χ3n) is 5.18. The predicted octanol–water partition coefficient (Wildman–Crippen LogP) is 4.68. The SMILES string of the molecule is O=C(O)CC1(c2ccc(OCc3ccc(-c4ccccc4)cc3)cc2)COC1. The molecule has 0 aliphatic carbocycles. The molecule has 1 aliphatic heterocycles. The molecule has 0 bridgehead atoms. The number of ether oxygens (including phenoxy) is 2. The number of rotatable bonds is 7. The first-order chi connectivity index (χ1) is 13.6. The Hall–Kier alpha value is -3.11. The average Bonchev–Trinajstić information content (AvgIpc) is 2.71. The van der Waals surface area contributed by atoms with Gasteiger partial charge in [-0.15, -0.1) is 0 Å². The molecular formula is C24H22O4. The molecule has 0 aromatic heterocycles. The number of carboxylic acid groups (broad SMARTS) is 1. The van der Waals surface area contributed by atoms with Crippen LogP contribution in [-0.4, -0.2) is 24.3 Å². The van der Waals surface area contributed by atoms with Crippen LogP contribution < -0.4 is 4.74 Å². The third kappa shape index (κ3) is 3.92. The molecule has 1 fully saturated rings. The van der Waals surface area contributed by atoms with E-state index in [4.69, 9.17) is 14.6 Å². The lowest BCUT2D eigenvalue weighted by Crippen LogP contribution is -2.48. The smallest absolute Gasteiger partial charge is 0.304 e. The van der Waals surface area contributed by atoms with Crippen molar-refractivity contribution >= 4 is 5.97 Å². The van der Waals surface area contributed by atoms with Gasteiger partial charge in [0, 0.05) is 0 Å².